The van der Waals surface area contributed by atoms with Gasteiger partial charge in [-0.1, -0.05) is 46.7 Å². The van der Waals surface area contributed by atoms with Crippen molar-refractivity contribution < 1.29 is 10.4 Å². The second-order valence-electron chi connectivity index (χ2n) is 5.59. The lowest BCUT2D eigenvalue weighted by molar-refractivity contribution is 0.315. The Morgan fingerprint density at radius 1 is 0.955 bits per heavy atom. The largest absolute Gasteiger partial charge is 0.411 e. The van der Waals surface area contributed by atoms with E-state index in [9.17, 15) is 5.21 Å². The number of oxime groups is 2. The summed E-state index contributed by atoms with van der Waals surface area (Å²) in [6.07, 6.45) is 2.01. The number of nitrogens with zero attached hydrogens (tertiary/aromatic N) is 2. The molecule has 0 atom stereocenters. The van der Waals surface area contributed by atoms with Crippen molar-refractivity contribution in [1.82, 2.24) is 0 Å². The van der Waals surface area contributed by atoms with Gasteiger partial charge >= 0.3 is 0 Å². The van der Waals surface area contributed by atoms with Gasteiger partial charge in [0.1, 0.15) is 0 Å². The molecule has 2 N–H and O–H groups in total. The molecule has 0 saturated heterocycles. The van der Waals surface area contributed by atoms with Gasteiger partial charge in [-0.25, -0.2) is 0 Å². The lowest BCUT2D eigenvalue weighted by Gasteiger charge is -2.07. The zero-order valence-electron chi connectivity index (χ0n) is 12.5. The van der Waals surface area contributed by atoms with Crippen molar-refractivity contribution in [2.24, 2.45) is 10.3 Å². The van der Waals surface area contributed by atoms with E-state index in [1.807, 2.05) is 6.07 Å². The highest BCUT2D eigenvalue weighted by Gasteiger charge is 2.19. The van der Waals surface area contributed by atoms with Crippen LogP contribution in [-0.2, 0) is 6.42 Å². The summed E-state index contributed by atoms with van der Waals surface area (Å²) in [7, 11) is 0. The standard InChI is InChI=1S/C18H18N2O2/c1-12(19-21)6-9-18(20-22)14-7-8-17-15(11-14)10-13-4-2-3-5-16(13)17/h2-5,7-8,11,21-22H,6,9-10H2,1H3/b19-12+,20-18+. The summed E-state index contributed by atoms with van der Waals surface area (Å²) in [5, 5.41) is 24.5. The van der Waals surface area contributed by atoms with Gasteiger partial charge in [-0.3, -0.25) is 0 Å². The Hall–Kier alpha value is -2.62. The van der Waals surface area contributed by atoms with E-state index in [4.69, 9.17) is 5.21 Å². The Balaban J connectivity index is 1.87. The fraction of sp³-hybridized carbons (Fsp3) is 0.222. The fourth-order valence-electron chi connectivity index (χ4n) is 2.93. The Morgan fingerprint density at radius 3 is 2.50 bits per heavy atom. The van der Waals surface area contributed by atoms with Gasteiger partial charge in [0.25, 0.3) is 0 Å². The van der Waals surface area contributed by atoms with Gasteiger partial charge in [0, 0.05) is 0 Å². The second kappa shape index (κ2) is 6.02. The van der Waals surface area contributed by atoms with Crippen molar-refractivity contribution in [1.29, 1.82) is 0 Å². The van der Waals surface area contributed by atoms with Gasteiger partial charge in [-0.05, 0) is 60.1 Å². The van der Waals surface area contributed by atoms with Crippen LogP contribution in [0.3, 0.4) is 0 Å². The van der Waals surface area contributed by atoms with Gasteiger partial charge in [0.05, 0.1) is 11.4 Å². The molecule has 0 aliphatic heterocycles. The Morgan fingerprint density at radius 2 is 1.73 bits per heavy atom. The molecule has 0 heterocycles. The zero-order chi connectivity index (χ0) is 15.5. The first-order chi connectivity index (χ1) is 10.7. The number of benzene rings is 2. The molecular weight excluding hydrogens is 276 g/mol. The van der Waals surface area contributed by atoms with Crippen LogP contribution in [0.5, 0.6) is 0 Å². The van der Waals surface area contributed by atoms with Crippen LogP contribution in [0.1, 0.15) is 36.5 Å². The van der Waals surface area contributed by atoms with Gasteiger partial charge in [0.2, 0.25) is 0 Å². The summed E-state index contributed by atoms with van der Waals surface area (Å²) in [5.74, 6) is 0. The first-order valence-corrected chi connectivity index (χ1v) is 7.33. The van der Waals surface area contributed by atoms with E-state index >= 15 is 0 Å². The summed E-state index contributed by atoms with van der Waals surface area (Å²) in [6, 6.07) is 14.6. The lowest BCUT2D eigenvalue weighted by atomic mass is 9.98. The first-order valence-electron chi connectivity index (χ1n) is 7.33. The molecule has 0 unspecified atom stereocenters. The highest BCUT2D eigenvalue weighted by atomic mass is 16.4. The number of rotatable bonds is 4. The molecular formula is C18H18N2O2. The third-order valence-corrected chi connectivity index (χ3v) is 4.14. The molecule has 3 rings (SSSR count). The van der Waals surface area contributed by atoms with E-state index in [2.05, 4.69) is 46.7 Å². The maximum absolute atomic E-state index is 9.27. The quantitative estimate of drug-likeness (QED) is 0.433. The SMILES string of the molecule is C/C(CC/C(=N\O)c1ccc2c(c1)Cc1ccccc1-2)=N\O. The van der Waals surface area contributed by atoms with Crippen LogP contribution in [0.25, 0.3) is 11.1 Å². The van der Waals surface area contributed by atoms with Crippen LogP contribution >= 0.6 is 0 Å². The van der Waals surface area contributed by atoms with Crippen LogP contribution in [-0.4, -0.2) is 21.8 Å². The molecule has 1 aliphatic rings. The summed E-state index contributed by atoms with van der Waals surface area (Å²) >= 11 is 0. The summed E-state index contributed by atoms with van der Waals surface area (Å²) in [5.41, 5.74) is 7.28. The smallest absolute Gasteiger partial charge is 0.0871 e. The van der Waals surface area contributed by atoms with Crippen LogP contribution in [0, 0.1) is 0 Å². The molecule has 4 nitrogen and oxygen atoms in total. The molecule has 2 aromatic rings. The van der Waals surface area contributed by atoms with Crippen molar-refractivity contribution in [2.45, 2.75) is 26.2 Å². The molecule has 4 heteroatoms. The second-order valence-corrected chi connectivity index (χ2v) is 5.59. The third kappa shape index (κ3) is 2.60. The van der Waals surface area contributed by atoms with Crippen LogP contribution in [0.4, 0.5) is 0 Å². The summed E-state index contributed by atoms with van der Waals surface area (Å²) in [4.78, 5) is 0. The molecule has 0 saturated carbocycles. The Bertz CT molecular complexity index is 763. The molecule has 2 aromatic carbocycles. The highest BCUT2D eigenvalue weighted by Crippen LogP contribution is 2.36. The van der Waals surface area contributed by atoms with Crippen LogP contribution < -0.4 is 0 Å². The minimum atomic E-state index is 0.540. The van der Waals surface area contributed by atoms with Crippen LogP contribution in [0.15, 0.2) is 52.8 Å². The molecule has 0 aromatic heterocycles. The highest BCUT2D eigenvalue weighted by molar-refractivity contribution is 6.03. The molecule has 0 amide bonds. The summed E-state index contributed by atoms with van der Waals surface area (Å²) < 4.78 is 0. The van der Waals surface area contributed by atoms with Gasteiger partial charge in [-0.2, -0.15) is 0 Å². The summed E-state index contributed by atoms with van der Waals surface area (Å²) in [6.45, 7) is 1.74. The monoisotopic (exact) mass is 294 g/mol. The predicted octanol–water partition coefficient (Wildman–Crippen LogP) is 4.07. The van der Waals surface area contributed by atoms with Gasteiger partial charge < -0.3 is 10.4 Å². The van der Waals surface area contributed by atoms with Crippen molar-refractivity contribution >= 4 is 11.4 Å². The van der Waals surface area contributed by atoms with Crippen molar-refractivity contribution in [2.75, 3.05) is 0 Å². The zero-order valence-corrected chi connectivity index (χ0v) is 12.5. The predicted molar refractivity (Wildman–Crippen MR) is 87.1 cm³/mol. The molecule has 1 aliphatic carbocycles. The Labute approximate surface area is 129 Å². The van der Waals surface area contributed by atoms with E-state index in [1.165, 1.54) is 22.3 Å². The first kappa shape index (κ1) is 14.3. The van der Waals surface area contributed by atoms with Gasteiger partial charge in [-0.15, -0.1) is 0 Å². The Kier molecular flexibility index (Phi) is 3.92. The molecule has 0 fully saturated rings. The van der Waals surface area contributed by atoms with E-state index in [-0.39, 0.29) is 0 Å². The van der Waals surface area contributed by atoms with E-state index in [0.717, 1.165) is 12.0 Å². The lowest BCUT2D eigenvalue weighted by Crippen LogP contribution is -2.05. The third-order valence-electron chi connectivity index (χ3n) is 4.14. The van der Waals surface area contributed by atoms with Crippen molar-refractivity contribution in [3.63, 3.8) is 0 Å². The average Bonchev–Trinajstić information content (AvgIpc) is 2.93. The van der Waals surface area contributed by atoms with Gasteiger partial charge in [0.15, 0.2) is 0 Å². The minimum Gasteiger partial charge on any atom is -0.411 e. The van der Waals surface area contributed by atoms with Crippen LogP contribution in [0.2, 0.25) is 0 Å². The molecule has 0 radical (unpaired) electrons. The number of fused-ring (bicyclic) bond motifs is 3. The minimum absolute atomic E-state index is 0.540. The maximum atomic E-state index is 9.27. The molecule has 112 valence electrons. The average molecular weight is 294 g/mol. The van der Waals surface area contributed by atoms with Crippen molar-refractivity contribution in [3.05, 3.63) is 59.2 Å². The molecule has 22 heavy (non-hydrogen) atoms. The van der Waals surface area contributed by atoms with Crippen molar-refractivity contribution in [3.8, 4) is 11.1 Å². The fourth-order valence-corrected chi connectivity index (χ4v) is 2.93. The maximum Gasteiger partial charge on any atom is 0.0871 e. The van der Waals surface area contributed by atoms with E-state index in [1.54, 1.807) is 6.92 Å². The topological polar surface area (TPSA) is 65.2 Å². The molecule has 0 spiro atoms. The van der Waals surface area contributed by atoms with E-state index < -0.39 is 0 Å². The normalized spacial score (nSPS) is 13.9. The number of hydrogen-bond donors (Lipinski definition) is 2. The van der Waals surface area contributed by atoms with E-state index in [0.29, 0.717) is 24.3 Å². The molecule has 0 bridgehead atoms. The number of hydrogen-bond acceptors (Lipinski definition) is 4.